The minimum atomic E-state index is -0.371. The van der Waals surface area contributed by atoms with Crippen LogP contribution in [0.25, 0.3) is 11.0 Å². The fourth-order valence-electron chi connectivity index (χ4n) is 1.96. The standard InChI is InChI=1S/C15H15N3O3S2/c1-3-21-14(19)13-16-7-10(23-13)8-22-15-17-11-5-4-9(20-2)6-12(11)18-15/h4-7H,3,8H2,1-2H3,(H,17,18). The number of carbonyl (C=O) groups excluding carboxylic acids is 1. The number of fused-ring (bicyclic) bond motifs is 1. The van der Waals surface area contributed by atoms with Gasteiger partial charge in [-0.05, 0) is 19.1 Å². The summed E-state index contributed by atoms with van der Waals surface area (Å²) < 4.78 is 10.1. The minimum absolute atomic E-state index is 0.352. The van der Waals surface area contributed by atoms with Gasteiger partial charge in [-0.25, -0.2) is 14.8 Å². The smallest absolute Gasteiger partial charge is 0.367 e. The zero-order valence-corrected chi connectivity index (χ0v) is 14.3. The first kappa shape index (κ1) is 15.8. The number of methoxy groups -OCH3 is 1. The lowest BCUT2D eigenvalue weighted by molar-refractivity contribution is 0.0526. The monoisotopic (exact) mass is 349 g/mol. The van der Waals surface area contributed by atoms with Gasteiger partial charge in [0.1, 0.15) is 5.75 Å². The van der Waals surface area contributed by atoms with E-state index in [1.807, 2.05) is 18.2 Å². The lowest BCUT2D eigenvalue weighted by Crippen LogP contribution is -2.03. The van der Waals surface area contributed by atoms with Crippen molar-refractivity contribution in [2.75, 3.05) is 13.7 Å². The Morgan fingerprint density at radius 2 is 2.30 bits per heavy atom. The highest BCUT2D eigenvalue weighted by Gasteiger charge is 2.13. The number of carbonyl (C=O) groups is 1. The first-order valence-electron chi connectivity index (χ1n) is 6.98. The predicted molar refractivity (Wildman–Crippen MR) is 90.3 cm³/mol. The molecule has 0 aliphatic rings. The summed E-state index contributed by atoms with van der Waals surface area (Å²) in [6.07, 6.45) is 1.70. The minimum Gasteiger partial charge on any atom is -0.497 e. The van der Waals surface area contributed by atoms with Crippen molar-refractivity contribution >= 4 is 40.1 Å². The van der Waals surface area contributed by atoms with Crippen LogP contribution < -0.4 is 4.74 Å². The number of hydrogen-bond donors (Lipinski definition) is 1. The van der Waals surface area contributed by atoms with E-state index in [0.717, 1.165) is 26.8 Å². The predicted octanol–water partition coefficient (Wildman–Crippen LogP) is 3.50. The van der Waals surface area contributed by atoms with Gasteiger partial charge in [0.2, 0.25) is 5.01 Å². The van der Waals surface area contributed by atoms with E-state index >= 15 is 0 Å². The third-order valence-electron chi connectivity index (χ3n) is 3.02. The molecule has 0 spiro atoms. The van der Waals surface area contributed by atoms with Crippen LogP contribution in [0.1, 0.15) is 21.6 Å². The van der Waals surface area contributed by atoms with Crippen LogP contribution in [-0.2, 0) is 10.5 Å². The maximum Gasteiger partial charge on any atom is 0.367 e. The largest absolute Gasteiger partial charge is 0.497 e. The summed E-state index contributed by atoms with van der Waals surface area (Å²) in [6.45, 7) is 2.13. The van der Waals surface area contributed by atoms with Gasteiger partial charge in [-0.1, -0.05) is 11.8 Å². The topological polar surface area (TPSA) is 77.1 Å². The molecule has 0 unspecified atom stereocenters. The number of nitrogens with one attached hydrogen (secondary N) is 1. The quantitative estimate of drug-likeness (QED) is 0.542. The van der Waals surface area contributed by atoms with Gasteiger partial charge < -0.3 is 14.5 Å². The number of hydrogen-bond acceptors (Lipinski definition) is 7. The Balaban J connectivity index is 1.67. The lowest BCUT2D eigenvalue weighted by atomic mass is 10.3. The number of imidazole rings is 1. The lowest BCUT2D eigenvalue weighted by Gasteiger charge is -1.96. The number of H-pyrrole nitrogens is 1. The molecular weight excluding hydrogens is 334 g/mol. The third kappa shape index (κ3) is 3.65. The maximum atomic E-state index is 11.6. The molecule has 3 rings (SSSR count). The Morgan fingerprint density at radius 3 is 3.09 bits per heavy atom. The zero-order chi connectivity index (χ0) is 16.2. The van der Waals surface area contributed by atoms with E-state index in [0.29, 0.717) is 17.4 Å². The molecule has 0 saturated heterocycles. The van der Waals surface area contributed by atoms with Gasteiger partial charge in [-0.3, -0.25) is 0 Å². The zero-order valence-electron chi connectivity index (χ0n) is 12.7. The highest BCUT2D eigenvalue weighted by Crippen LogP contribution is 2.27. The number of rotatable bonds is 6. The number of nitrogens with zero attached hydrogens (tertiary/aromatic N) is 2. The molecule has 23 heavy (non-hydrogen) atoms. The Bertz CT molecular complexity index is 828. The van der Waals surface area contributed by atoms with E-state index in [2.05, 4.69) is 15.0 Å². The molecule has 0 fully saturated rings. The third-order valence-corrected chi connectivity index (χ3v) is 5.10. The van der Waals surface area contributed by atoms with E-state index in [1.165, 1.54) is 11.3 Å². The Labute approximate surface area is 141 Å². The molecule has 2 aromatic heterocycles. The van der Waals surface area contributed by atoms with Crippen LogP contribution >= 0.6 is 23.1 Å². The van der Waals surface area contributed by atoms with E-state index in [1.54, 1.807) is 32.0 Å². The summed E-state index contributed by atoms with van der Waals surface area (Å²) in [5.74, 6) is 1.11. The molecule has 0 aliphatic carbocycles. The van der Waals surface area contributed by atoms with E-state index in [-0.39, 0.29) is 5.97 Å². The average molecular weight is 349 g/mol. The van der Waals surface area contributed by atoms with Crippen molar-refractivity contribution in [1.82, 2.24) is 15.0 Å². The molecule has 0 amide bonds. The van der Waals surface area contributed by atoms with Crippen molar-refractivity contribution in [2.45, 2.75) is 17.8 Å². The molecule has 2 heterocycles. The van der Waals surface area contributed by atoms with Gasteiger partial charge in [-0.2, -0.15) is 0 Å². The molecule has 1 N–H and O–H groups in total. The SMILES string of the molecule is CCOC(=O)c1ncc(CSc2nc3ccc(OC)cc3[nH]2)s1. The Morgan fingerprint density at radius 1 is 1.43 bits per heavy atom. The number of thiazole rings is 1. The average Bonchev–Trinajstić information content (AvgIpc) is 3.18. The second kappa shape index (κ2) is 7.01. The molecule has 120 valence electrons. The van der Waals surface area contributed by atoms with Crippen molar-refractivity contribution in [1.29, 1.82) is 0 Å². The number of aromatic nitrogens is 3. The maximum absolute atomic E-state index is 11.6. The second-order valence-corrected chi connectivity index (χ2v) is 6.65. The number of benzene rings is 1. The van der Waals surface area contributed by atoms with Gasteiger partial charge in [0, 0.05) is 22.9 Å². The van der Waals surface area contributed by atoms with Crippen LogP contribution in [0.4, 0.5) is 0 Å². The Kier molecular flexibility index (Phi) is 4.82. The van der Waals surface area contributed by atoms with Crippen LogP contribution in [0.3, 0.4) is 0 Å². The van der Waals surface area contributed by atoms with Crippen LogP contribution in [-0.4, -0.2) is 34.6 Å². The van der Waals surface area contributed by atoms with Crippen molar-refractivity contribution < 1.29 is 14.3 Å². The van der Waals surface area contributed by atoms with Crippen molar-refractivity contribution in [3.63, 3.8) is 0 Å². The van der Waals surface area contributed by atoms with Gasteiger partial charge >= 0.3 is 5.97 Å². The van der Waals surface area contributed by atoms with E-state index in [9.17, 15) is 4.79 Å². The molecule has 0 radical (unpaired) electrons. The van der Waals surface area contributed by atoms with Crippen LogP contribution in [0.5, 0.6) is 5.75 Å². The summed E-state index contributed by atoms with van der Waals surface area (Å²) in [5, 5.41) is 1.20. The highest BCUT2D eigenvalue weighted by atomic mass is 32.2. The number of aromatic amines is 1. The van der Waals surface area contributed by atoms with Crippen LogP contribution in [0.2, 0.25) is 0 Å². The molecule has 1 aromatic carbocycles. The normalized spacial score (nSPS) is 10.9. The first-order valence-corrected chi connectivity index (χ1v) is 8.78. The van der Waals surface area contributed by atoms with E-state index in [4.69, 9.17) is 9.47 Å². The van der Waals surface area contributed by atoms with Crippen LogP contribution in [0.15, 0.2) is 29.6 Å². The van der Waals surface area contributed by atoms with Crippen molar-refractivity contribution in [3.05, 3.63) is 34.3 Å². The molecule has 0 aliphatic heterocycles. The molecule has 0 saturated carbocycles. The molecular formula is C15H15N3O3S2. The molecule has 3 aromatic rings. The fourth-order valence-corrected chi connectivity index (χ4v) is 3.67. The summed E-state index contributed by atoms with van der Waals surface area (Å²) in [5.41, 5.74) is 1.83. The second-order valence-electron chi connectivity index (χ2n) is 4.57. The van der Waals surface area contributed by atoms with Crippen molar-refractivity contribution in [2.24, 2.45) is 0 Å². The van der Waals surface area contributed by atoms with Gasteiger partial charge in [-0.15, -0.1) is 11.3 Å². The number of esters is 1. The fraction of sp³-hybridized carbons (Fsp3) is 0.267. The van der Waals surface area contributed by atoms with Gasteiger partial charge in [0.15, 0.2) is 5.16 Å². The molecule has 6 nitrogen and oxygen atoms in total. The highest BCUT2D eigenvalue weighted by molar-refractivity contribution is 7.98. The van der Waals surface area contributed by atoms with E-state index < -0.39 is 0 Å². The van der Waals surface area contributed by atoms with Crippen LogP contribution in [0, 0.1) is 0 Å². The molecule has 0 bridgehead atoms. The van der Waals surface area contributed by atoms with Gasteiger partial charge in [0.05, 0.1) is 24.8 Å². The summed E-state index contributed by atoms with van der Waals surface area (Å²) in [4.78, 5) is 24.5. The molecule has 8 heteroatoms. The molecule has 0 atom stereocenters. The summed E-state index contributed by atoms with van der Waals surface area (Å²) >= 11 is 2.91. The first-order chi connectivity index (χ1) is 11.2. The summed E-state index contributed by atoms with van der Waals surface area (Å²) in [7, 11) is 1.64. The van der Waals surface area contributed by atoms with Gasteiger partial charge in [0.25, 0.3) is 0 Å². The summed E-state index contributed by atoms with van der Waals surface area (Å²) in [6, 6.07) is 5.71. The number of ether oxygens (including phenoxy) is 2. The van der Waals surface area contributed by atoms with Crippen molar-refractivity contribution in [3.8, 4) is 5.75 Å². The number of thioether (sulfide) groups is 1. The Hall–Kier alpha value is -2.06.